The van der Waals surface area contributed by atoms with Gasteiger partial charge in [-0.1, -0.05) is 28.4 Å². The number of carbonyl (C=O) groups excluding carboxylic acids is 1. The lowest BCUT2D eigenvalue weighted by molar-refractivity contribution is -0.114. The van der Waals surface area contributed by atoms with E-state index >= 15 is 0 Å². The van der Waals surface area contributed by atoms with Gasteiger partial charge in [0.25, 0.3) is 0 Å². The predicted molar refractivity (Wildman–Crippen MR) is 100 cm³/mol. The molecule has 0 spiro atoms. The summed E-state index contributed by atoms with van der Waals surface area (Å²) in [6.45, 7) is 0.874. The molecule has 0 atom stereocenters. The first-order valence-electron chi connectivity index (χ1n) is 6.72. The number of rotatable bonds is 5. The molecule has 0 aliphatic heterocycles. The molecule has 0 bridgehead atoms. The maximum atomic E-state index is 11.7. The van der Waals surface area contributed by atoms with Crippen LogP contribution in [-0.4, -0.2) is 25.0 Å². The van der Waals surface area contributed by atoms with Crippen LogP contribution in [-0.2, 0) is 4.79 Å². The number of anilines is 1. The van der Waals surface area contributed by atoms with Gasteiger partial charge in [0.15, 0.2) is 5.96 Å². The molecule has 2 rings (SSSR count). The van der Waals surface area contributed by atoms with E-state index in [1.165, 1.54) is 19.3 Å². The van der Waals surface area contributed by atoms with Gasteiger partial charge in [0.05, 0.1) is 0 Å². The van der Waals surface area contributed by atoms with Crippen molar-refractivity contribution in [2.24, 2.45) is 16.6 Å². The van der Waals surface area contributed by atoms with Crippen LogP contribution < -0.4 is 16.4 Å². The molecule has 1 aromatic rings. The number of carbonyl (C=O) groups is 1. The zero-order valence-electron chi connectivity index (χ0n) is 11.6. The van der Waals surface area contributed by atoms with Crippen LogP contribution in [0.25, 0.3) is 0 Å². The highest BCUT2D eigenvalue weighted by molar-refractivity contribution is 14.0. The Kier molecular flexibility index (Phi) is 8.02. The molecular weight excluding hydrogens is 447 g/mol. The Bertz CT molecular complexity index is 506. The summed E-state index contributed by atoms with van der Waals surface area (Å²) in [6, 6.07) is 7.41. The molecule has 1 aliphatic carbocycles. The first kappa shape index (κ1) is 18.2. The molecule has 1 aliphatic rings. The first-order chi connectivity index (χ1) is 9.63. The van der Waals surface area contributed by atoms with E-state index in [0.717, 1.165) is 16.7 Å². The van der Waals surface area contributed by atoms with Crippen molar-refractivity contribution in [1.29, 1.82) is 0 Å². The molecule has 0 heterocycles. The van der Waals surface area contributed by atoms with Crippen molar-refractivity contribution in [2.75, 3.05) is 18.4 Å². The van der Waals surface area contributed by atoms with Crippen molar-refractivity contribution < 1.29 is 4.79 Å². The molecule has 4 N–H and O–H groups in total. The van der Waals surface area contributed by atoms with Crippen molar-refractivity contribution >= 4 is 57.5 Å². The number of hydrogen-bond acceptors (Lipinski definition) is 2. The number of nitrogens with zero attached hydrogens (tertiary/aromatic N) is 1. The quantitative estimate of drug-likeness (QED) is 0.354. The van der Waals surface area contributed by atoms with E-state index in [0.29, 0.717) is 11.9 Å². The molecule has 0 aromatic heterocycles. The molecule has 7 heteroatoms. The number of amides is 1. The topological polar surface area (TPSA) is 79.5 Å². The van der Waals surface area contributed by atoms with Gasteiger partial charge in [-0.2, -0.15) is 0 Å². The summed E-state index contributed by atoms with van der Waals surface area (Å²) in [6.07, 6.45) is 3.81. The molecule has 1 fully saturated rings. The second-order valence-corrected chi connectivity index (χ2v) is 5.85. The number of benzene rings is 1. The van der Waals surface area contributed by atoms with Gasteiger partial charge in [-0.25, -0.2) is 4.99 Å². The lowest BCUT2D eigenvalue weighted by Crippen LogP contribution is -2.37. The summed E-state index contributed by atoms with van der Waals surface area (Å²) >= 11 is 3.35. The minimum Gasteiger partial charge on any atom is -0.370 e. The fraction of sp³-hybridized carbons (Fsp3) is 0.429. The van der Waals surface area contributed by atoms with Gasteiger partial charge in [0.2, 0.25) is 5.91 Å². The second-order valence-electron chi connectivity index (χ2n) is 4.94. The van der Waals surface area contributed by atoms with Crippen LogP contribution in [0.4, 0.5) is 5.69 Å². The second kappa shape index (κ2) is 9.24. The Morgan fingerprint density at radius 2 is 2.19 bits per heavy atom. The van der Waals surface area contributed by atoms with Crippen LogP contribution in [0.1, 0.15) is 19.3 Å². The molecule has 116 valence electrons. The fourth-order valence-corrected chi connectivity index (χ4v) is 2.32. The maximum absolute atomic E-state index is 11.7. The van der Waals surface area contributed by atoms with Gasteiger partial charge in [0, 0.05) is 16.7 Å². The van der Waals surface area contributed by atoms with E-state index in [2.05, 4.69) is 31.6 Å². The lowest BCUT2D eigenvalue weighted by Gasteiger charge is -2.25. The van der Waals surface area contributed by atoms with Crippen molar-refractivity contribution in [3.63, 3.8) is 0 Å². The van der Waals surface area contributed by atoms with Gasteiger partial charge < -0.3 is 16.4 Å². The van der Waals surface area contributed by atoms with E-state index in [4.69, 9.17) is 5.73 Å². The number of halogens is 2. The van der Waals surface area contributed by atoms with Gasteiger partial charge in [-0.05, 0) is 37.0 Å². The van der Waals surface area contributed by atoms with E-state index in [1.807, 2.05) is 24.3 Å². The van der Waals surface area contributed by atoms with Gasteiger partial charge >= 0.3 is 0 Å². The van der Waals surface area contributed by atoms with Crippen LogP contribution in [0.15, 0.2) is 33.7 Å². The summed E-state index contributed by atoms with van der Waals surface area (Å²) in [5.74, 6) is 0.858. The molecule has 5 nitrogen and oxygen atoms in total. The van der Waals surface area contributed by atoms with E-state index < -0.39 is 0 Å². The summed E-state index contributed by atoms with van der Waals surface area (Å²) in [4.78, 5) is 15.7. The van der Waals surface area contributed by atoms with Crippen molar-refractivity contribution in [1.82, 2.24) is 5.32 Å². The average molecular weight is 467 g/mol. The van der Waals surface area contributed by atoms with E-state index in [-0.39, 0.29) is 36.4 Å². The molecular formula is C14H20BrIN4O. The molecule has 21 heavy (non-hydrogen) atoms. The third kappa shape index (κ3) is 6.64. The van der Waals surface area contributed by atoms with Crippen molar-refractivity contribution in [2.45, 2.75) is 19.3 Å². The molecule has 0 radical (unpaired) electrons. The fourth-order valence-electron chi connectivity index (χ4n) is 1.93. The third-order valence-electron chi connectivity index (χ3n) is 3.30. The van der Waals surface area contributed by atoms with Crippen LogP contribution in [0.2, 0.25) is 0 Å². The summed E-state index contributed by atoms with van der Waals surface area (Å²) in [5.41, 5.74) is 6.45. The Labute approximate surface area is 150 Å². The Morgan fingerprint density at radius 3 is 2.81 bits per heavy atom. The smallest absolute Gasteiger partial charge is 0.246 e. The zero-order valence-corrected chi connectivity index (χ0v) is 15.6. The molecule has 1 aromatic carbocycles. The highest BCUT2D eigenvalue weighted by atomic mass is 127. The van der Waals surface area contributed by atoms with Gasteiger partial charge in [0.1, 0.15) is 6.54 Å². The van der Waals surface area contributed by atoms with E-state index in [1.54, 1.807) is 0 Å². The van der Waals surface area contributed by atoms with Gasteiger partial charge in [-0.3, -0.25) is 4.79 Å². The summed E-state index contributed by atoms with van der Waals surface area (Å²) in [7, 11) is 0. The van der Waals surface area contributed by atoms with Crippen LogP contribution >= 0.6 is 39.9 Å². The third-order valence-corrected chi connectivity index (χ3v) is 3.79. The van der Waals surface area contributed by atoms with Crippen LogP contribution in [0.3, 0.4) is 0 Å². The van der Waals surface area contributed by atoms with Gasteiger partial charge in [-0.15, -0.1) is 24.0 Å². The van der Waals surface area contributed by atoms with E-state index in [9.17, 15) is 4.79 Å². The zero-order chi connectivity index (χ0) is 14.4. The molecule has 0 unspecified atom stereocenters. The minimum absolute atomic E-state index is 0. The molecule has 0 saturated heterocycles. The normalized spacial score (nSPS) is 14.8. The summed E-state index contributed by atoms with van der Waals surface area (Å²) < 4.78 is 0.917. The predicted octanol–water partition coefficient (Wildman–Crippen LogP) is 2.71. The first-order valence-corrected chi connectivity index (χ1v) is 7.52. The highest BCUT2D eigenvalue weighted by Gasteiger charge is 2.16. The largest absolute Gasteiger partial charge is 0.370 e. The maximum Gasteiger partial charge on any atom is 0.246 e. The average Bonchev–Trinajstić information content (AvgIpc) is 2.34. The van der Waals surface area contributed by atoms with Crippen molar-refractivity contribution in [3.8, 4) is 0 Å². The molecule has 1 saturated carbocycles. The Morgan fingerprint density at radius 1 is 1.43 bits per heavy atom. The number of aliphatic imine (C=N–C) groups is 1. The Balaban J connectivity index is 0.00000220. The number of nitrogens with one attached hydrogen (secondary N) is 2. The van der Waals surface area contributed by atoms with Crippen molar-refractivity contribution in [3.05, 3.63) is 28.7 Å². The number of nitrogens with two attached hydrogens (primary N) is 1. The summed E-state index contributed by atoms with van der Waals surface area (Å²) in [5, 5.41) is 5.82. The van der Waals surface area contributed by atoms with Crippen LogP contribution in [0.5, 0.6) is 0 Å². The van der Waals surface area contributed by atoms with Crippen LogP contribution in [0, 0.1) is 5.92 Å². The minimum atomic E-state index is -0.184. The monoisotopic (exact) mass is 466 g/mol. The highest BCUT2D eigenvalue weighted by Crippen LogP contribution is 2.24. The Hall–Kier alpha value is -0.830. The number of hydrogen-bond donors (Lipinski definition) is 3. The number of guanidine groups is 1. The SMILES string of the molecule is I.NC(=NCC(=O)Nc1cccc(Br)c1)NCC1CCC1. The standard InChI is InChI=1S/C14H19BrN4O.HI/c15-11-5-2-6-12(7-11)19-13(20)9-18-14(16)17-8-10-3-1-4-10;/h2,5-7,10H,1,3-4,8-9H2,(H,19,20)(H3,16,17,18);1H. The lowest BCUT2D eigenvalue weighted by atomic mass is 9.85. The molecule has 1 amide bonds.